The Balaban J connectivity index is 1.54. The number of fused-ring (bicyclic) bond motifs is 1. The van der Waals surface area contributed by atoms with Crippen molar-refractivity contribution in [3.8, 4) is 5.82 Å². The lowest BCUT2D eigenvalue weighted by Gasteiger charge is -2.17. The summed E-state index contributed by atoms with van der Waals surface area (Å²) in [6.07, 6.45) is 2.19. The van der Waals surface area contributed by atoms with Crippen molar-refractivity contribution in [3.05, 3.63) is 64.2 Å². The van der Waals surface area contributed by atoms with Gasteiger partial charge in [-0.05, 0) is 49.4 Å². The van der Waals surface area contributed by atoms with E-state index in [-0.39, 0.29) is 17.0 Å². The zero-order valence-corrected chi connectivity index (χ0v) is 17.4. The first-order valence-electron chi connectivity index (χ1n) is 10.2. The van der Waals surface area contributed by atoms with E-state index in [2.05, 4.69) is 30.5 Å². The van der Waals surface area contributed by atoms with E-state index in [9.17, 15) is 13.6 Å². The SMILES string of the molecule is C[C@H](Nc1ncnc2c(C3CC3)cc(C(F)F)cc12)c1ncnn1-c1ccc(=O)n(C)n1. The molecular weight excluding hydrogens is 418 g/mol. The van der Waals surface area contributed by atoms with Gasteiger partial charge in [-0.1, -0.05) is 0 Å². The average molecular weight is 438 g/mol. The largest absolute Gasteiger partial charge is 0.360 e. The smallest absolute Gasteiger partial charge is 0.266 e. The Labute approximate surface area is 181 Å². The van der Waals surface area contributed by atoms with Crippen molar-refractivity contribution < 1.29 is 8.78 Å². The van der Waals surface area contributed by atoms with Crippen LogP contribution in [-0.4, -0.2) is 34.5 Å². The third-order valence-corrected chi connectivity index (χ3v) is 5.54. The second kappa shape index (κ2) is 7.74. The van der Waals surface area contributed by atoms with Crippen molar-refractivity contribution in [2.45, 2.75) is 38.2 Å². The van der Waals surface area contributed by atoms with E-state index in [0.717, 1.165) is 18.4 Å². The Kier molecular flexibility index (Phi) is 4.87. The molecule has 1 aromatic carbocycles. The molecule has 1 fully saturated rings. The summed E-state index contributed by atoms with van der Waals surface area (Å²) in [5.74, 6) is 1.65. The molecule has 1 saturated carbocycles. The van der Waals surface area contributed by atoms with Gasteiger partial charge in [-0.3, -0.25) is 4.79 Å². The molecule has 1 aliphatic rings. The van der Waals surface area contributed by atoms with Gasteiger partial charge in [0.2, 0.25) is 0 Å². The summed E-state index contributed by atoms with van der Waals surface area (Å²) in [6, 6.07) is 5.57. The number of aryl methyl sites for hydroxylation is 1. The predicted octanol–water partition coefficient (Wildman–Crippen LogP) is 3.29. The Morgan fingerprint density at radius 2 is 1.94 bits per heavy atom. The normalized spacial score (nSPS) is 14.8. The van der Waals surface area contributed by atoms with Gasteiger partial charge in [0.25, 0.3) is 12.0 Å². The van der Waals surface area contributed by atoms with Crippen LogP contribution in [0, 0.1) is 0 Å². The molecule has 0 radical (unpaired) electrons. The van der Waals surface area contributed by atoms with Gasteiger partial charge < -0.3 is 5.32 Å². The number of hydrogen-bond donors (Lipinski definition) is 1. The summed E-state index contributed by atoms with van der Waals surface area (Å²) in [7, 11) is 1.55. The molecule has 0 spiro atoms. The van der Waals surface area contributed by atoms with Crippen LogP contribution < -0.4 is 10.9 Å². The molecule has 11 heteroatoms. The van der Waals surface area contributed by atoms with Gasteiger partial charge in [0, 0.05) is 24.1 Å². The molecule has 164 valence electrons. The van der Waals surface area contributed by atoms with Crippen LogP contribution in [0.25, 0.3) is 16.7 Å². The minimum absolute atomic E-state index is 0.0394. The minimum Gasteiger partial charge on any atom is -0.360 e. The molecule has 1 atom stereocenters. The Hall–Kier alpha value is -3.76. The summed E-state index contributed by atoms with van der Waals surface area (Å²) in [4.78, 5) is 24.7. The molecule has 1 N–H and O–H groups in total. The first kappa shape index (κ1) is 20.2. The summed E-state index contributed by atoms with van der Waals surface area (Å²) >= 11 is 0. The Bertz CT molecular complexity index is 1360. The Morgan fingerprint density at radius 3 is 2.66 bits per heavy atom. The molecule has 0 saturated heterocycles. The molecule has 1 aliphatic carbocycles. The zero-order chi connectivity index (χ0) is 22.4. The highest BCUT2D eigenvalue weighted by Crippen LogP contribution is 2.44. The highest BCUT2D eigenvalue weighted by Gasteiger charge is 2.28. The lowest BCUT2D eigenvalue weighted by Crippen LogP contribution is -2.22. The first-order valence-corrected chi connectivity index (χ1v) is 10.2. The molecule has 3 heterocycles. The third kappa shape index (κ3) is 3.59. The van der Waals surface area contributed by atoms with Gasteiger partial charge in [-0.25, -0.2) is 28.4 Å². The highest BCUT2D eigenvalue weighted by atomic mass is 19.3. The zero-order valence-electron chi connectivity index (χ0n) is 17.4. The van der Waals surface area contributed by atoms with Crippen LogP contribution in [0.3, 0.4) is 0 Å². The summed E-state index contributed by atoms with van der Waals surface area (Å²) in [5.41, 5.74) is 1.24. The van der Waals surface area contributed by atoms with Gasteiger partial charge in [0.15, 0.2) is 11.6 Å². The predicted molar refractivity (Wildman–Crippen MR) is 113 cm³/mol. The second-order valence-corrected chi connectivity index (χ2v) is 7.85. The number of anilines is 1. The van der Waals surface area contributed by atoms with Crippen molar-refractivity contribution in [3.63, 3.8) is 0 Å². The number of nitrogens with one attached hydrogen (secondary N) is 1. The topological polar surface area (TPSA) is 103 Å². The van der Waals surface area contributed by atoms with Gasteiger partial charge >= 0.3 is 0 Å². The van der Waals surface area contributed by atoms with Gasteiger partial charge in [0.1, 0.15) is 18.5 Å². The molecule has 0 amide bonds. The van der Waals surface area contributed by atoms with Gasteiger partial charge in [0.05, 0.1) is 11.6 Å². The van der Waals surface area contributed by atoms with Gasteiger partial charge in [-0.15, -0.1) is 5.10 Å². The maximum absolute atomic E-state index is 13.6. The molecule has 0 unspecified atom stereocenters. The van der Waals surface area contributed by atoms with E-state index in [1.54, 1.807) is 19.2 Å². The molecule has 0 aliphatic heterocycles. The van der Waals surface area contributed by atoms with Crippen LogP contribution in [0.1, 0.15) is 55.1 Å². The summed E-state index contributed by atoms with van der Waals surface area (Å²) < 4.78 is 29.9. The number of rotatable bonds is 6. The van der Waals surface area contributed by atoms with Crippen LogP contribution in [-0.2, 0) is 7.05 Å². The van der Waals surface area contributed by atoms with Crippen LogP contribution in [0.2, 0.25) is 0 Å². The number of nitrogens with zero attached hydrogens (tertiary/aromatic N) is 7. The van der Waals surface area contributed by atoms with Crippen LogP contribution >= 0.6 is 0 Å². The summed E-state index contributed by atoms with van der Waals surface area (Å²) in [6.45, 7) is 1.86. The van der Waals surface area contributed by atoms with E-state index in [1.807, 2.05) is 6.92 Å². The molecule has 0 bridgehead atoms. The summed E-state index contributed by atoms with van der Waals surface area (Å²) in [5, 5.41) is 12.2. The number of alkyl halides is 2. The van der Waals surface area contributed by atoms with Crippen LogP contribution in [0.15, 0.2) is 41.7 Å². The Morgan fingerprint density at radius 1 is 1.12 bits per heavy atom. The standard InChI is InChI=1S/C21H20F2N8O/c1-11(21-26-10-27-31(21)16-5-6-17(32)30(2)29-16)28-20-15-8-13(19(22)23)7-14(12-3-4-12)18(15)24-9-25-20/h5-12,19H,3-4H2,1-2H3,(H,24,25,28)/t11-/m0/s1. The number of hydrogen-bond acceptors (Lipinski definition) is 7. The van der Waals surface area contributed by atoms with Crippen molar-refractivity contribution in [2.24, 2.45) is 7.05 Å². The molecule has 3 aromatic heterocycles. The van der Waals surface area contributed by atoms with E-state index in [0.29, 0.717) is 28.4 Å². The monoisotopic (exact) mass is 438 g/mol. The molecule has 5 rings (SSSR count). The maximum Gasteiger partial charge on any atom is 0.266 e. The molecular formula is C21H20F2N8O. The lowest BCUT2D eigenvalue weighted by atomic mass is 10.0. The van der Waals surface area contributed by atoms with Crippen LogP contribution in [0.4, 0.5) is 14.6 Å². The highest BCUT2D eigenvalue weighted by molar-refractivity contribution is 5.92. The fraction of sp³-hybridized carbons (Fsp3) is 0.333. The minimum atomic E-state index is -2.58. The second-order valence-electron chi connectivity index (χ2n) is 7.85. The average Bonchev–Trinajstić information content (AvgIpc) is 3.50. The van der Waals surface area contributed by atoms with Crippen LogP contribution in [0.5, 0.6) is 0 Å². The maximum atomic E-state index is 13.6. The number of aromatic nitrogens is 7. The molecule has 9 nitrogen and oxygen atoms in total. The van der Waals surface area contributed by atoms with E-state index >= 15 is 0 Å². The molecule has 4 aromatic rings. The third-order valence-electron chi connectivity index (χ3n) is 5.54. The van der Waals surface area contributed by atoms with Gasteiger partial charge in [-0.2, -0.15) is 9.78 Å². The van der Waals surface area contributed by atoms with Crippen molar-refractivity contribution in [1.82, 2.24) is 34.5 Å². The molecule has 32 heavy (non-hydrogen) atoms. The number of halogens is 2. The van der Waals surface area contributed by atoms with E-state index in [1.165, 1.54) is 34.2 Å². The number of benzene rings is 1. The van der Waals surface area contributed by atoms with E-state index < -0.39 is 12.5 Å². The van der Waals surface area contributed by atoms with Crippen molar-refractivity contribution in [1.29, 1.82) is 0 Å². The van der Waals surface area contributed by atoms with E-state index in [4.69, 9.17) is 0 Å². The lowest BCUT2D eigenvalue weighted by molar-refractivity contribution is 0.151. The van der Waals surface area contributed by atoms with Crippen molar-refractivity contribution in [2.75, 3.05) is 5.32 Å². The fourth-order valence-electron chi connectivity index (χ4n) is 3.76. The quantitative estimate of drug-likeness (QED) is 0.493. The fourth-order valence-corrected chi connectivity index (χ4v) is 3.76. The van der Waals surface area contributed by atoms with Crippen molar-refractivity contribution >= 4 is 16.7 Å². The first-order chi connectivity index (χ1) is 15.4.